The average Bonchev–Trinajstić information content (AvgIpc) is 2.66. The number of nitrogens with one attached hydrogen (secondary N) is 1. The van der Waals surface area contributed by atoms with E-state index in [0.29, 0.717) is 18.3 Å². The molecule has 0 fully saturated rings. The molecule has 0 radical (unpaired) electrons. The van der Waals surface area contributed by atoms with E-state index in [-0.39, 0.29) is 24.7 Å². The zero-order valence-electron chi connectivity index (χ0n) is 15.0. The van der Waals surface area contributed by atoms with Gasteiger partial charge in [0, 0.05) is 36.1 Å². The fourth-order valence-corrected chi connectivity index (χ4v) is 4.17. The molecule has 3 rings (SSSR count). The molecule has 1 atom stereocenters. The van der Waals surface area contributed by atoms with E-state index in [0.717, 1.165) is 17.0 Å². The first kappa shape index (κ1) is 18.5. The molecule has 1 aliphatic rings. The monoisotopic (exact) mass is 368 g/mol. The zero-order valence-corrected chi connectivity index (χ0v) is 15.8. The van der Waals surface area contributed by atoms with Crippen molar-refractivity contribution in [1.82, 2.24) is 5.32 Å². The molecular formula is C21H24N2O2S. The topological polar surface area (TPSA) is 49.4 Å². The van der Waals surface area contributed by atoms with Gasteiger partial charge in [0.1, 0.15) is 0 Å². The van der Waals surface area contributed by atoms with Crippen molar-refractivity contribution in [2.75, 3.05) is 18.0 Å². The minimum atomic E-state index is -0.0676. The molecule has 0 aliphatic carbocycles. The van der Waals surface area contributed by atoms with Crippen LogP contribution in [0.2, 0.25) is 0 Å². The minimum absolute atomic E-state index is 0.0165. The Kier molecular flexibility index (Phi) is 6.34. The summed E-state index contributed by atoms with van der Waals surface area (Å²) in [6.45, 7) is 3.41. The van der Waals surface area contributed by atoms with E-state index in [2.05, 4.69) is 12.2 Å². The molecule has 4 nitrogen and oxygen atoms in total. The molecule has 5 heteroatoms. The molecule has 0 unspecified atom stereocenters. The van der Waals surface area contributed by atoms with E-state index in [1.54, 1.807) is 11.8 Å². The maximum Gasteiger partial charge on any atom is 0.227 e. The molecule has 2 aromatic carbocycles. The number of amides is 2. The van der Waals surface area contributed by atoms with Gasteiger partial charge in [0.15, 0.2) is 0 Å². The maximum absolute atomic E-state index is 12.6. The van der Waals surface area contributed by atoms with Crippen LogP contribution in [0, 0.1) is 0 Å². The van der Waals surface area contributed by atoms with Crippen molar-refractivity contribution < 1.29 is 9.59 Å². The normalized spacial score (nSPS) is 16.0. The molecule has 1 aliphatic heterocycles. The fraction of sp³-hybridized carbons (Fsp3) is 0.333. The standard InChI is InChI=1S/C21H24N2O2S/c1-16-15-23(18-9-5-6-10-19(18)26-16)21(25)12-11-20(24)22-14-13-17-7-3-2-4-8-17/h2-10,16H,11-15H2,1H3,(H,22,24)/t16-/m1/s1. The van der Waals surface area contributed by atoms with Crippen LogP contribution in [-0.4, -0.2) is 30.2 Å². The Bertz CT molecular complexity index is 764. The van der Waals surface area contributed by atoms with Crippen molar-refractivity contribution in [3.63, 3.8) is 0 Å². The molecule has 0 bridgehead atoms. The highest BCUT2D eigenvalue weighted by Gasteiger charge is 2.26. The second-order valence-electron chi connectivity index (χ2n) is 6.49. The first-order chi connectivity index (χ1) is 12.6. The van der Waals surface area contributed by atoms with Crippen LogP contribution in [0.1, 0.15) is 25.3 Å². The van der Waals surface area contributed by atoms with E-state index >= 15 is 0 Å². The van der Waals surface area contributed by atoms with Crippen molar-refractivity contribution in [1.29, 1.82) is 0 Å². The second kappa shape index (κ2) is 8.90. The largest absolute Gasteiger partial charge is 0.356 e. The van der Waals surface area contributed by atoms with Gasteiger partial charge in [-0.25, -0.2) is 0 Å². The molecule has 2 aromatic rings. The van der Waals surface area contributed by atoms with Crippen LogP contribution in [0.3, 0.4) is 0 Å². The Labute approximate surface area is 159 Å². The molecule has 0 saturated heterocycles. The molecule has 0 aromatic heterocycles. The van der Waals surface area contributed by atoms with Gasteiger partial charge in [-0.2, -0.15) is 0 Å². The molecule has 1 heterocycles. The number of fused-ring (bicyclic) bond motifs is 1. The summed E-state index contributed by atoms with van der Waals surface area (Å²) in [7, 11) is 0. The van der Waals surface area contributed by atoms with Crippen LogP contribution in [0.15, 0.2) is 59.5 Å². The van der Waals surface area contributed by atoms with Gasteiger partial charge in [0.05, 0.1) is 5.69 Å². The third kappa shape index (κ3) is 4.88. The van der Waals surface area contributed by atoms with Crippen LogP contribution in [0.5, 0.6) is 0 Å². The molecule has 136 valence electrons. The van der Waals surface area contributed by atoms with Gasteiger partial charge in [-0.1, -0.05) is 49.4 Å². The van der Waals surface area contributed by atoms with Crippen molar-refractivity contribution in [2.45, 2.75) is 36.3 Å². The van der Waals surface area contributed by atoms with Crippen LogP contribution in [0.25, 0.3) is 0 Å². The quantitative estimate of drug-likeness (QED) is 0.847. The summed E-state index contributed by atoms with van der Waals surface area (Å²) in [6.07, 6.45) is 1.27. The Morgan fingerprint density at radius 2 is 1.81 bits per heavy atom. The number of carbonyl (C=O) groups is 2. The van der Waals surface area contributed by atoms with Gasteiger partial charge in [0.2, 0.25) is 11.8 Å². The SMILES string of the molecule is C[C@@H]1CN(C(=O)CCC(=O)NCCc2ccccc2)c2ccccc2S1. The smallest absolute Gasteiger partial charge is 0.227 e. The van der Waals surface area contributed by atoms with Crippen molar-refractivity contribution in [3.8, 4) is 0 Å². The molecular weight excluding hydrogens is 344 g/mol. The number of benzene rings is 2. The highest BCUT2D eigenvalue weighted by Crippen LogP contribution is 2.38. The van der Waals surface area contributed by atoms with Crippen molar-refractivity contribution in [3.05, 3.63) is 60.2 Å². The summed E-state index contributed by atoms with van der Waals surface area (Å²) in [6, 6.07) is 18.0. The lowest BCUT2D eigenvalue weighted by Crippen LogP contribution is -2.39. The van der Waals surface area contributed by atoms with E-state index in [1.807, 2.05) is 59.5 Å². The fourth-order valence-electron chi connectivity index (χ4n) is 3.06. The van der Waals surface area contributed by atoms with Gasteiger partial charge in [-0.15, -0.1) is 11.8 Å². The lowest BCUT2D eigenvalue weighted by Gasteiger charge is -2.32. The lowest BCUT2D eigenvalue weighted by atomic mass is 10.1. The number of hydrogen-bond donors (Lipinski definition) is 1. The molecule has 0 spiro atoms. The summed E-state index contributed by atoms with van der Waals surface area (Å²) in [5.74, 6) is -0.0511. The number of rotatable bonds is 6. The van der Waals surface area contributed by atoms with Gasteiger partial charge >= 0.3 is 0 Å². The Morgan fingerprint density at radius 1 is 1.08 bits per heavy atom. The Hall–Kier alpha value is -2.27. The number of nitrogens with zero attached hydrogens (tertiary/aromatic N) is 1. The van der Waals surface area contributed by atoms with Gasteiger partial charge in [-0.3, -0.25) is 9.59 Å². The summed E-state index contributed by atoms with van der Waals surface area (Å²) in [5, 5.41) is 3.26. The minimum Gasteiger partial charge on any atom is -0.356 e. The summed E-state index contributed by atoms with van der Waals surface area (Å²) >= 11 is 1.79. The Morgan fingerprint density at radius 3 is 2.62 bits per heavy atom. The van der Waals surface area contributed by atoms with E-state index in [9.17, 15) is 9.59 Å². The average molecular weight is 369 g/mol. The number of anilines is 1. The molecule has 1 N–H and O–H groups in total. The lowest BCUT2D eigenvalue weighted by molar-refractivity contribution is -0.125. The van der Waals surface area contributed by atoms with Crippen LogP contribution >= 0.6 is 11.8 Å². The molecule has 26 heavy (non-hydrogen) atoms. The maximum atomic E-state index is 12.6. The van der Waals surface area contributed by atoms with Gasteiger partial charge in [0.25, 0.3) is 0 Å². The molecule has 0 saturated carbocycles. The van der Waals surface area contributed by atoms with E-state index in [4.69, 9.17) is 0 Å². The third-order valence-electron chi connectivity index (χ3n) is 4.37. The first-order valence-electron chi connectivity index (χ1n) is 9.00. The predicted molar refractivity (Wildman–Crippen MR) is 107 cm³/mol. The summed E-state index contributed by atoms with van der Waals surface area (Å²) in [5.41, 5.74) is 2.16. The van der Waals surface area contributed by atoms with E-state index in [1.165, 1.54) is 5.56 Å². The van der Waals surface area contributed by atoms with Gasteiger partial charge in [-0.05, 0) is 24.1 Å². The van der Waals surface area contributed by atoms with Crippen LogP contribution in [-0.2, 0) is 16.0 Å². The number of hydrogen-bond acceptors (Lipinski definition) is 3. The number of thioether (sulfide) groups is 1. The highest BCUT2D eigenvalue weighted by atomic mass is 32.2. The summed E-state index contributed by atoms with van der Waals surface area (Å²) < 4.78 is 0. The predicted octanol–water partition coefficient (Wildman–Crippen LogP) is 3.65. The Balaban J connectivity index is 1.47. The highest BCUT2D eigenvalue weighted by molar-refractivity contribution is 8.00. The second-order valence-corrected chi connectivity index (χ2v) is 7.97. The zero-order chi connectivity index (χ0) is 18.4. The van der Waals surface area contributed by atoms with Gasteiger partial charge < -0.3 is 10.2 Å². The third-order valence-corrected chi connectivity index (χ3v) is 5.52. The van der Waals surface area contributed by atoms with Crippen LogP contribution in [0.4, 0.5) is 5.69 Å². The first-order valence-corrected chi connectivity index (χ1v) is 9.88. The number of carbonyl (C=O) groups excluding carboxylic acids is 2. The number of para-hydroxylation sites is 1. The summed E-state index contributed by atoms with van der Waals surface area (Å²) in [4.78, 5) is 27.6. The van der Waals surface area contributed by atoms with Crippen molar-refractivity contribution >= 4 is 29.3 Å². The van der Waals surface area contributed by atoms with Crippen LogP contribution < -0.4 is 10.2 Å². The van der Waals surface area contributed by atoms with E-state index < -0.39 is 0 Å². The molecule has 2 amide bonds. The van der Waals surface area contributed by atoms with Crippen molar-refractivity contribution in [2.24, 2.45) is 0 Å².